The smallest absolute Gasteiger partial charge is 0.307 e. The Balaban J connectivity index is 2.64. The van der Waals surface area contributed by atoms with Crippen LogP contribution in [0.3, 0.4) is 0 Å². The number of esters is 1. The van der Waals surface area contributed by atoms with E-state index in [1.165, 1.54) is 19.2 Å². The summed E-state index contributed by atoms with van der Waals surface area (Å²) in [6.07, 6.45) is 0.165. The first kappa shape index (κ1) is 12.0. The normalized spacial score (nSPS) is 9.31. The highest BCUT2D eigenvalue weighted by Gasteiger charge is 2.07. The summed E-state index contributed by atoms with van der Waals surface area (Å²) < 4.78 is 17.6. The number of hydrogen-bond acceptors (Lipinski definition) is 4. The third kappa shape index (κ3) is 2.95. The highest BCUT2D eigenvalue weighted by atomic mass is 19.1. The summed E-state index contributed by atoms with van der Waals surface area (Å²) in [7, 11) is 1.30. The molecule has 0 aromatic heterocycles. The molecule has 1 N–H and O–H groups in total. The van der Waals surface area contributed by atoms with Crippen molar-refractivity contribution in [1.29, 1.82) is 5.26 Å². The Bertz CT molecular complexity index is 426. The van der Waals surface area contributed by atoms with Gasteiger partial charge >= 0.3 is 5.97 Å². The van der Waals surface area contributed by atoms with E-state index < -0.39 is 5.82 Å². The Morgan fingerprint density at radius 3 is 3.00 bits per heavy atom. The van der Waals surface area contributed by atoms with Gasteiger partial charge in [0.25, 0.3) is 0 Å². The third-order valence-corrected chi connectivity index (χ3v) is 2.00. The topological polar surface area (TPSA) is 62.1 Å². The van der Waals surface area contributed by atoms with Gasteiger partial charge in [-0.1, -0.05) is 6.07 Å². The predicted octanol–water partition coefficient (Wildman–Crippen LogP) is 1.67. The van der Waals surface area contributed by atoms with Gasteiger partial charge in [-0.05, 0) is 12.1 Å². The first-order valence-electron chi connectivity index (χ1n) is 4.68. The number of nitriles is 1. The van der Waals surface area contributed by atoms with Crippen molar-refractivity contribution in [1.82, 2.24) is 0 Å². The number of anilines is 1. The number of rotatable bonds is 4. The van der Waals surface area contributed by atoms with Crippen molar-refractivity contribution >= 4 is 11.7 Å². The second-order valence-corrected chi connectivity index (χ2v) is 3.03. The highest BCUT2D eigenvalue weighted by molar-refractivity contribution is 5.70. The molecule has 0 aliphatic carbocycles. The van der Waals surface area contributed by atoms with Gasteiger partial charge in [0.15, 0.2) is 0 Å². The Morgan fingerprint density at radius 1 is 1.62 bits per heavy atom. The first-order chi connectivity index (χ1) is 7.69. The Hall–Kier alpha value is -2.09. The molecule has 0 amide bonds. The van der Waals surface area contributed by atoms with E-state index in [0.717, 1.165) is 0 Å². The van der Waals surface area contributed by atoms with Gasteiger partial charge in [0.05, 0.1) is 19.2 Å². The predicted molar refractivity (Wildman–Crippen MR) is 56.2 cm³/mol. The number of hydrogen-bond donors (Lipinski definition) is 1. The average molecular weight is 222 g/mol. The number of carbonyl (C=O) groups is 1. The number of benzene rings is 1. The number of nitrogens with one attached hydrogen (secondary N) is 1. The molecule has 0 heterocycles. The van der Waals surface area contributed by atoms with Crippen molar-refractivity contribution in [2.75, 3.05) is 19.0 Å². The Morgan fingerprint density at radius 2 is 2.38 bits per heavy atom. The third-order valence-electron chi connectivity index (χ3n) is 2.00. The van der Waals surface area contributed by atoms with E-state index in [4.69, 9.17) is 5.26 Å². The molecule has 0 unspecified atom stereocenters. The van der Waals surface area contributed by atoms with E-state index in [9.17, 15) is 9.18 Å². The molecule has 0 saturated carbocycles. The van der Waals surface area contributed by atoms with Crippen LogP contribution in [0.15, 0.2) is 18.2 Å². The summed E-state index contributed by atoms with van der Waals surface area (Å²) in [4.78, 5) is 10.8. The maximum Gasteiger partial charge on any atom is 0.307 e. The summed E-state index contributed by atoms with van der Waals surface area (Å²) >= 11 is 0. The van der Waals surface area contributed by atoms with Crippen LogP contribution in [0.5, 0.6) is 0 Å². The average Bonchev–Trinajstić information content (AvgIpc) is 2.29. The Labute approximate surface area is 92.6 Å². The summed E-state index contributed by atoms with van der Waals surface area (Å²) in [6.45, 7) is 0.296. The number of halogens is 1. The van der Waals surface area contributed by atoms with Crippen molar-refractivity contribution < 1.29 is 13.9 Å². The largest absolute Gasteiger partial charge is 0.469 e. The van der Waals surface area contributed by atoms with Crippen LogP contribution in [-0.2, 0) is 9.53 Å². The minimum absolute atomic E-state index is 0.0487. The van der Waals surface area contributed by atoms with Gasteiger partial charge < -0.3 is 10.1 Å². The molecule has 5 heteroatoms. The van der Waals surface area contributed by atoms with E-state index in [1.807, 2.05) is 0 Å². The summed E-state index contributed by atoms with van der Waals surface area (Å²) in [5.74, 6) is -0.937. The molecule has 0 aliphatic rings. The van der Waals surface area contributed by atoms with E-state index in [2.05, 4.69) is 10.1 Å². The van der Waals surface area contributed by atoms with E-state index in [0.29, 0.717) is 12.2 Å². The molecule has 0 aliphatic heterocycles. The van der Waals surface area contributed by atoms with Crippen LogP contribution in [0, 0.1) is 17.1 Å². The zero-order valence-corrected chi connectivity index (χ0v) is 8.79. The van der Waals surface area contributed by atoms with E-state index >= 15 is 0 Å². The van der Waals surface area contributed by atoms with Crippen LogP contribution in [0.4, 0.5) is 10.1 Å². The minimum atomic E-state index is -0.578. The number of ether oxygens (including phenoxy) is 1. The molecule has 84 valence electrons. The lowest BCUT2D eigenvalue weighted by Gasteiger charge is -2.07. The quantitative estimate of drug-likeness (QED) is 0.787. The zero-order chi connectivity index (χ0) is 12.0. The fraction of sp³-hybridized carbons (Fsp3) is 0.273. The molecule has 0 spiro atoms. The summed E-state index contributed by atoms with van der Waals surface area (Å²) in [6, 6.07) is 6.05. The number of methoxy groups -OCH3 is 1. The second-order valence-electron chi connectivity index (χ2n) is 3.03. The molecule has 0 fully saturated rings. The molecule has 0 radical (unpaired) electrons. The van der Waals surface area contributed by atoms with Crippen LogP contribution < -0.4 is 5.32 Å². The Kier molecular flexibility index (Phi) is 4.28. The minimum Gasteiger partial charge on any atom is -0.469 e. The summed E-state index contributed by atoms with van der Waals surface area (Å²) in [5.41, 5.74) is 0.332. The zero-order valence-electron chi connectivity index (χ0n) is 8.79. The molecular weight excluding hydrogens is 211 g/mol. The van der Waals surface area contributed by atoms with Crippen LogP contribution in [0.25, 0.3) is 0 Å². The molecule has 4 nitrogen and oxygen atoms in total. The van der Waals surface area contributed by atoms with Crippen molar-refractivity contribution in [2.24, 2.45) is 0 Å². The van der Waals surface area contributed by atoms with Crippen LogP contribution in [-0.4, -0.2) is 19.6 Å². The van der Waals surface area contributed by atoms with Gasteiger partial charge in [0.2, 0.25) is 0 Å². The van der Waals surface area contributed by atoms with Crippen LogP contribution in [0.1, 0.15) is 12.0 Å². The molecule has 1 rings (SSSR count). The fourth-order valence-electron chi connectivity index (χ4n) is 1.19. The molecule has 0 atom stereocenters. The van der Waals surface area contributed by atoms with Crippen LogP contribution >= 0.6 is 0 Å². The van der Waals surface area contributed by atoms with Crippen molar-refractivity contribution in [2.45, 2.75) is 6.42 Å². The van der Waals surface area contributed by atoms with Gasteiger partial charge in [-0.25, -0.2) is 4.39 Å². The van der Waals surface area contributed by atoms with Gasteiger partial charge in [-0.15, -0.1) is 0 Å². The molecule has 0 bridgehead atoms. The lowest BCUT2D eigenvalue weighted by Crippen LogP contribution is -2.10. The number of nitrogens with zero attached hydrogens (tertiary/aromatic N) is 1. The monoisotopic (exact) mass is 222 g/mol. The second kappa shape index (κ2) is 5.71. The SMILES string of the molecule is COC(=O)CCNc1cccc(F)c1C#N. The molecule has 0 saturated heterocycles. The lowest BCUT2D eigenvalue weighted by molar-refractivity contribution is -0.140. The molecule has 1 aromatic carbocycles. The van der Waals surface area contributed by atoms with Crippen LogP contribution in [0.2, 0.25) is 0 Å². The van der Waals surface area contributed by atoms with Gasteiger partial charge in [0.1, 0.15) is 17.4 Å². The summed E-state index contributed by atoms with van der Waals surface area (Å²) in [5, 5.41) is 11.5. The maximum atomic E-state index is 13.1. The first-order valence-corrected chi connectivity index (χ1v) is 4.68. The van der Waals surface area contributed by atoms with Crippen molar-refractivity contribution in [3.63, 3.8) is 0 Å². The van der Waals surface area contributed by atoms with E-state index in [1.54, 1.807) is 12.1 Å². The van der Waals surface area contributed by atoms with Gasteiger partial charge in [-0.2, -0.15) is 5.26 Å². The van der Waals surface area contributed by atoms with Gasteiger partial charge in [-0.3, -0.25) is 4.79 Å². The van der Waals surface area contributed by atoms with E-state index in [-0.39, 0.29) is 18.0 Å². The molecule has 1 aromatic rings. The van der Waals surface area contributed by atoms with Crippen molar-refractivity contribution in [3.8, 4) is 6.07 Å². The highest BCUT2D eigenvalue weighted by Crippen LogP contribution is 2.17. The van der Waals surface area contributed by atoms with Crippen molar-refractivity contribution in [3.05, 3.63) is 29.6 Å². The molecular formula is C11H11FN2O2. The fourth-order valence-corrected chi connectivity index (χ4v) is 1.19. The van der Waals surface area contributed by atoms with Gasteiger partial charge in [0, 0.05) is 6.54 Å². The lowest BCUT2D eigenvalue weighted by atomic mass is 10.2. The number of carbonyl (C=O) groups excluding carboxylic acids is 1. The standard InChI is InChI=1S/C11H11FN2O2/c1-16-11(15)5-6-14-10-4-2-3-9(12)8(10)7-13/h2-4,14H,5-6H2,1H3. The molecule has 16 heavy (non-hydrogen) atoms. The maximum absolute atomic E-state index is 13.1.